The first kappa shape index (κ1) is 34.2. The zero-order chi connectivity index (χ0) is 31.9. The number of benzene rings is 3. The molecule has 0 saturated carbocycles. The van der Waals surface area contributed by atoms with Gasteiger partial charge in [0.15, 0.2) is 23.0 Å². The Kier molecular flexibility index (Phi) is 13.8. The molecule has 0 aliphatic rings. The van der Waals surface area contributed by atoms with Crippen LogP contribution in [-0.4, -0.2) is 52.3 Å². The monoisotopic (exact) mass is 671 g/mol. The summed E-state index contributed by atoms with van der Waals surface area (Å²) in [5, 5.41) is 2.90. The Hall–Kier alpha value is -4.29. The van der Waals surface area contributed by atoms with Crippen molar-refractivity contribution in [1.82, 2.24) is 16.2 Å². The minimum Gasteiger partial charge on any atom is -0.493 e. The minimum atomic E-state index is -0.630. The van der Waals surface area contributed by atoms with Crippen molar-refractivity contribution >= 4 is 33.7 Å². The molecule has 0 saturated heterocycles. The summed E-state index contributed by atoms with van der Waals surface area (Å²) in [5.74, 6) is 0.747. The van der Waals surface area contributed by atoms with Crippen molar-refractivity contribution < 1.29 is 38.1 Å². The van der Waals surface area contributed by atoms with Crippen LogP contribution in [0.25, 0.3) is 0 Å². The molecule has 0 aromatic heterocycles. The molecule has 0 fully saturated rings. The van der Waals surface area contributed by atoms with Gasteiger partial charge in [-0.2, -0.15) is 0 Å². The van der Waals surface area contributed by atoms with E-state index in [1.165, 1.54) is 33.5 Å². The predicted octanol–water partition coefficient (Wildman–Crippen LogP) is 5.20. The van der Waals surface area contributed by atoms with Crippen molar-refractivity contribution in [1.29, 1.82) is 0 Å². The number of hydrogen-bond acceptors (Lipinski definition) is 9. The fraction of sp³-hybridized carbons (Fsp3) is 0.344. The lowest BCUT2D eigenvalue weighted by atomic mass is 10.1. The molecule has 2 amide bonds. The molecule has 0 aliphatic carbocycles. The summed E-state index contributed by atoms with van der Waals surface area (Å²) in [6, 6.07) is 15.4. The van der Waals surface area contributed by atoms with E-state index in [0.717, 1.165) is 22.9 Å². The van der Waals surface area contributed by atoms with Gasteiger partial charge in [0.1, 0.15) is 0 Å². The Balaban J connectivity index is 1.44. The number of hydrogen-bond donors (Lipinski definition) is 3. The van der Waals surface area contributed by atoms with Gasteiger partial charge in [-0.15, -0.1) is 0 Å². The molecule has 3 aromatic rings. The molecule has 0 bridgehead atoms. The van der Waals surface area contributed by atoms with Crippen LogP contribution in [0.1, 0.15) is 58.9 Å². The third-order valence-corrected chi connectivity index (χ3v) is 7.11. The molecular weight excluding hydrogens is 634 g/mol. The van der Waals surface area contributed by atoms with Crippen LogP contribution in [-0.2, 0) is 11.3 Å². The van der Waals surface area contributed by atoms with Gasteiger partial charge in [0, 0.05) is 24.0 Å². The van der Waals surface area contributed by atoms with E-state index in [1.54, 1.807) is 24.3 Å². The van der Waals surface area contributed by atoms with Crippen LogP contribution in [0, 0.1) is 0 Å². The van der Waals surface area contributed by atoms with Crippen molar-refractivity contribution in [2.24, 2.45) is 0 Å². The molecule has 11 nitrogen and oxygen atoms in total. The fourth-order valence-electron chi connectivity index (χ4n) is 4.21. The maximum Gasteiger partial charge on any atom is 0.343 e. The topological polar surface area (TPSA) is 133 Å². The van der Waals surface area contributed by atoms with Gasteiger partial charge < -0.3 is 29.0 Å². The summed E-state index contributed by atoms with van der Waals surface area (Å²) in [6.07, 6.45) is 2.62. The van der Waals surface area contributed by atoms with E-state index in [0.29, 0.717) is 61.1 Å². The Labute approximate surface area is 265 Å². The second kappa shape index (κ2) is 17.7. The van der Waals surface area contributed by atoms with Crippen molar-refractivity contribution in [3.05, 3.63) is 75.8 Å². The number of nitrogens with one attached hydrogen (secondary N) is 3. The zero-order valence-corrected chi connectivity index (χ0v) is 26.9. The maximum atomic E-state index is 13.0. The van der Waals surface area contributed by atoms with E-state index in [1.807, 2.05) is 25.1 Å². The summed E-state index contributed by atoms with van der Waals surface area (Å²) in [7, 11) is 4.41. The molecule has 0 radical (unpaired) electrons. The molecule has 0 aliphatic heterocycles. The highest BCUT2D eigenvalue weighted by Gasteiger charge is 2.20. The van der Waals surface area contributed by atoms with Gasteiger partial charge in [0.05, 0.1) is 39.1 Å². The molecule has 44 heavy (non-hydrogen) atoms. The average Bonchev–Trinajstić information content (AvgIpc) is 3.03. The molecule has 0 spiro atoms. The number of methoxy groups -OCH3 is 3. The van der Waals surface area contributed by atoms with Gasteiger partial charge in [-0.3, -0.25) is 15.0 Å². The van der Waals surface area contributed by atoms with Crippen LogP contribution in [0.4, 0.5) is 0 Å². The van der Waals surface area contributed by atoms with Gasteiger partial charge in [-0.25, -0.2) is 10.2 Å². The molecule has 0 atom stereocenters. The van der Waals surface area contributed by atoms with Crippen LogP contribution in [0.5, 0.6) is 28.7 Å². The lowest BCUT2D eigenvalue weighted by Gasteiger charge is -2.15. The zero-order valence-electron chi connectivity index (χ0n) is 25.3. The maximum absolute atomic E-state index is 13.0. The number of esters is 1. The number of carbonyl (C=O) groups excluding carboxylic acids is 3. The molecule has 3 rings (SSSR count). The first-order chi connectivity index (χ1) is 21.3. The molecule has 3 aromatic carbocycles. The van der Waals surface area contributed by atoms with Crippen molar-refractivity contribution in [3.63, 3.8) is 0 Å². The Morgan fingerprint density at radius 2 is 1.55 bits per heavy atom. The highest BCUT2D eigenvalue weighted by Crippen LogP contribution is 2.39. The predicted molar refractivity (Wildman–Crippen MR) is 169 cm³/mol. The molecule has 236 valence electrons. The Morgan fingerprint density at radius 1 is 0.818 bits per heavy atom. The van der Waals surface area contributed by atoms with E-state index in [4.69, 9.17) is 23.7 Å². The smallest absolute Gasteiger partial charge is 0.343 e. The van der Waals surface area contributed by atoms with Crippen LogP contribution < -0.4 is 39.9 Å². The number of rotatable bonds is 17. The first-order valence-electron chi connectivity index (χ1n) is 14.1. The van der Waals surface area contributed by atoms with Crippen LogP contribution >= 0.6 is 15.9 Å². The van der Waals surface area contributed by atoms with Crippen molar-refractivity contribution in [2.75, 3.05) is 34.5 Å². The molecule has 0 heterocycles. The minimum absolute atomic E-state index is 0.128. The third-order valence-electron chi connectivity index (χ3n) is 6.42. The van der Waals surface area contributed by atoms with E-state index < -0.39 is 5.97 Å². The largest absolute Gasteiger partial charge is 0.493 e. The van der Waals surface area contributed by atoms with Crippen molar-refractivity contribution in [2.45, 2.75) is 39.2 Å². The summed E-state index contributed by atoms with van der Waals surface area (Å²) >= 11 is 3.38. The van der Waals surface area contributed by atoms with Crippen molar-refractivity contribution in [3.8, 4) is 28.7 Å². The Morgan fingerprint density at radius 3 is 2.20 bits per heavy atom. The quantitative estimate of drug-likeness (QED) is 0.0766. The second-order valence-corrected chi connectivity index (χ2v) is 10.3. The van der Waals surface area contributed by atoms with Gasteiger partial charge in [-0.1, -0.05) is 24.6 Å². The number of halogens is 1. The van der Waals surface area contributed by atoms with Gasteiger partial charge in [0.25, 0.3) is 5.91 Å². The summed E-state index contributed by atoms with van der Waals surface area (Å²) < 4.78 is 28.1. The van der Waals surface area contributed by atoms with Gasteiger partial charge >= 0.3 is 5.97 Å². The number of carbonyl (C=O) groups is 3. The first-order valence-corrected chi connectivity index (χ1v) is 14.9. The lowest BCUT2D eigenvalue weighted by Crippen LogP contribution is -2.36. The summed E-state index contributed by atoms with van der Waals surface area (Å²) in [5.41, 5.74) is 7.23. The van der Waals surface area contributed by atoms with Crippen LogP contribution in [0.2, 0.25) is 0 Å². The average molecular weight is 673 g/mol. The van der Waals surface area contributed by atoms with E-state index in [2.05, 4.69) is 32.1 Å². The second-order valence-electron chi connectivity index (χ2n) is 9.47. The SMILES string of the molecule is CCOc1cc(CNNC(=O)CCCCCNC(=O)c2ccccc2Br)ccc1OC(=O)c1cc(OC)c(OC)c(OC)c1. The van der Waals surface area contributed by atoms with Gasteiger partial charge in [-0.05, 0) is 77.7 Å². The number of unbranched alkanes of at least 4 members (excludes halogenated alkanes) is 2. The standard InChI is InChI=1S/C32H38BrN3O8/c1-5-43-26-17-21(14-15-25(26)44-32(39)22-18-27(40-2)30(42-4)28(19-22)41-3)20-35-36-29(37)13-7-6-10-16-34-31(38)23-11-8-9-12-24(23)33/h8-9,11-12,14-15,17-19,35H,5-7,10,13,16,20H2,1-4H3,(H,34,38)(H,36,37). The summed E-state index contributed by atoms with van der Waals surface area (Å²) in [6.45, 7) is 3.05. The summed E-state index contributed by atoms with van der Waals surface area (Å²) in [4.78, 5) is 37.5. The highest BCUT2D eigenvalue weighted by atomic mass is 79.9. The normalized spacial score (nSPS) is 10.5. The molecule has 12 heteroatoms. The van der Waals surface area contributed by atoms with E-state index >= 15 is 0 Å². The number of hydrazine groups is 1. The fourth-order valence-corrected chi connectivity index (χ4v) is 4.67. The third kappa shape index (κ3) is 9.88. The van der Waals surface area contributed by atoms with E-state index in [-0.39, 0.29) is 23.1 Å². The Bertz CT molecular complexity index is 1410. The van der Waals surface area contributed by atoms with Gasteiger partial charge in [0.2, 0.25) is 11.7 Å². The molecular formula is C32H38BrN3O8. The lowest BCUT2D eigenvalue weighted by molar-refractivity contribution is -0.122. The number of amides is 2. The highest BCUT2D eigenvalue weighted by molar-refractivity contribution is 9.10. The number of ether oxygens (including phenoxy) is 5. The van der Waals surface area contributed by atoms with Crippen LogP contribution in [0.15, 0.2) is 59.1 Å². The molecule has 3 N–H and O–H groups in total. The van der Waals surface area contributed by atoms with E-state index in [9.17, 15) is 14.4 Å². The van der Waals surface area contributed by atoms with Crippen LogP contribution in [0.3, 0.4) is 0 Å². The molecule has 0 unspecified atom stereocenters.